The number of aromatic nitrogens is 4. The van der Waals surface area contributed by atoms with Crippen LogP contribution in [-0.4, -0.2) is 28.7 Å². The Balaban J connectivity index is 1.82. The van der Waals surface area contributed by atoms with Crippen molar-refractivity contribution in [3.63, 3.8) is 0 Å². The monoisotopic (exact) mass is 388 g/mol. The number of rotatable bonds is 7. The molecule has 8 heteroatoms. The Labute approximate surface area is 163 Å². The molecule has 0 unspecified atom stereocenters. The predicted molar refractivity (Wildman–Crippen MR) is 104 cm³/mol. The summed E-state index contributed by atoms with van der Waals surface area (Å²) in [6.07, 6.45) is 13.3. The first-order valence-corrected chi connectivity index (χ1v) is 10.2. The van der Waals surface area contributed by atoms with Gasteiger partial charge in [-0.25, -0.2) is 0 Å². The van der Waals surface area contributed by atoms with E-state index < -0.39 is 8.80 Å². The number of nitrogens with zero attached hydrogens (tertiary/aromatic N) is 4. The van der Waals surface area contributed by atoms with Gasteiger partial charge in [-0.15, -0.1) is 0 Å². The fourth-order valence-electron chi connectivity index (χ4n) is 2.48. The molecule has 0 saturated heterocycles. The Morgan fingerprint density at radius 3 is 1.04 bits per heavy atom. The Kier molecular flexibility index (Phi) is 5.21. The first-order valence-electron chi connectivity index (χ1n) is 8.52. The van der Waals surface area contributed by atoms with E-state index in [4.69, 9.17) is 13.3 Å². The van der Waals surface area contributed by atoms with Gasteiger partial charge < -0.3 is 13.3 Å². The lowest BCUT2D eigenvalue weighted by Gasteiger charge is -2.30. The summed E-state index contributed by atoms with van der Waals surface area (Å²) in [4.78, 5) is 16.2. The third-order valence-corrected chi connectivity index (χ3v) is 6.29. The number of hydrogen-bond donors (Lipinski definition) is 0. The fourth-order valence-corrected chi connectivity index (χ4v) is 4.85. The molecule has 0 bridgehead atoms. The van der Waals surface area contributed by atoms with Gasteiger partial charge in [-0.1, -0.05) is 0 Å². The van der Waals surface area contributed by atoms with Crippen LogP contribution >= 0.6 is 0 Å². The largest absolute Gasteiger partial charge is 0.737 e. The average Bonchev–Trinajstić information content (AvgIpc) is 2.76. The molecule has 4 aromatic heterocycles. The van der Waals surface area contributed by atoms with E-state index >= 15 is 0 Å². The maximum Gasteiger partial charge on any atom is 0.737 e. The van der Waals surface area contributed by atoms with Crippen molar-refractivity contribution in [3.8, 4) is 17.2 Å². The van der Waals surface area contributed by atoms with Gasteiger partial charge in [-0.2, -0.15) is 0 Å². The molecule has 4 aromatic rings. The van der Waals surface area contributed by atoms with Crippen LogP contribution in [0.15, 0.2) is 98.1 Å². The predicted octanol–water partition coefficient (Wildman–Crippen LogP) is 2.65. The summed E-state index contributed by atoms with van der Waals surface area (Å²) in [7, 11) is -3.52. The molecule has 0 aliphatic carbocycles. The summed E-state index contributed by atoms with van der Waals surface area (Å²) in [5.41, 5.74) is 0. The molecule has 0 saturated carbocycles. The highest BCUT2D eigenvalue weighted by Crippen LogP contribution is 2.23. The van der Waals surface area contributed by atoms with E-state index in [-0.39, 0.29) is 0 Å². The second kappa shape index (κ2) is 8.27. The highest BCUT2D eigenvalue weighted by Gasteiger charge is 2.52. The van der Waals surface area contributed by atoms with E-state index in [1.165, 1.54) is 0 Å². The Bertz CT molecular complexity index is 891. The summed E-state index contributed by atoms with van der Waals surface area (Å²) in [5.74, 6) is 1.75. The van der Waals surface area contributed by atoms with Gasteiger partial charge in [0, 0.05) is 49.6 Å². The molecule has 0 aliphatic rings. The Morgan fingerprint density at radius 2 is 0.714 bits per heavy atom. The van der Waals surface area contributed by atoms with Crippen LogP contribution in [0.25, 0.3) is 0 Å². The first kappa shape index (κ1) is 17.6. The van der Waals surface area contributed by atoms with Crippen LogP contribution < -0.4 is 18.5 Å². The van der Waals surface area contributed by atoms with Crippen molar-refractivity contribution in [2.75, 3.05) is 0 Å². The lowest BCUT2D eigenvalue weighted by atomic mass is 10.5. The highest BCUT2D eigenvalue weighted by molar-refractivity contribution is 6.77. The van der Waals surface area contributed by atoms with E-state index in [0.717, 1.165) is 5.19 Å². The molecular formula is C20H16N4O3Si. The summed E-state index contributed by atoms with van der Waals surface area (Å²) < 4.78 is 19.1. The van der Waals surface area contributed by atoms with E-state index in [1.54, 1.807) is 86.0 Å². The highest BCUT2D eigenvalue weighted by atomic mass is 28.4. The van der Waals surface area contributed by atoms with Crippen molar-refractivity contribution in [3.05, 3.63) is 98.1 Å². The molecular weight excluding hydrogens is 372 g/mol. The third kappa shape index (κ3) is 4.13. The Hall–Kier alpha value is -3.78. The van der Waals surface area contributed by atoms with Crippen molar-refractivity contribution < 1.29 is 13.3 Å². The van der Waals surface area contributed by atoms with E-state index in [9.17, 15) is 0 Å². The van der Waals surface area contributed by atoms with Gasteiger partial charge in [0.15, 0.2) is 0 Å². The topological polar surface area (TPSA) is 79.2 Å². The minimum atomic E-state index is -3.52. The number of pyridine rings is 4. The summed E-state index contributed by atoms with van der Waals surface area (Å²) in [5, 5.41) is 0.757. The molecule has 0 spiro atoms. The molecule has 4 rings (SSSR count). The van der Waals surface area contributed by atoms with Crippen molar-refractivity contribution in [1.82, 2.24) is 19.9 Å². The maximum atomic E-state index is 6.38. The molecule has 7 nitrogen and oxygen atoms in total. The van der Waals surface area contributed by atoms with Crippen LogP contribution in [0.5, 0.6) is 17.2 Å². The zero-order valence-electron chi connectivity index (χ0n) is 14.8. The van der Waals surface area contributed by atoms with Gasteiger partial charge in [0.25, 0.3) is 0 Å². The summed E-state index contributed by atoms with van der Waals surface area (Å²) in [6, 6.07) is 14.2. The van der Waals surface area contributed by atoms with Crippen LogP contribution in [0.4, 0.5) is 0 Å². The molecule has 0 radical (unpaired) electrons. The quantitative estimate of drug-likeness (QED) is 0.450. The SMILES string of the molecule is c1cc(O[Si](Oc2ccncc2)(Oc2ccncc2)c2ccncc2)ccn1. The third-order valence-electron chi connectivity index (χ3n) is 3.74. The van der Waals surface area contributed by atoms with Gasteiger partial charge in [-0.3, -0.25) is 19.9 Å². The summed E-state index contributed by atoms with van der Waals surface area (Å²) in [6.45, 7) is 0. The van der Waals surface area contributed by atoms with Crippen molar-refractivity contribution in [1.29, 1.82) is 0 Å². The van der Waals surface area contributed by atoms with E-state index in [1.807, 2.05) is 12.1 Å². The molecule has 28 heavy (non-hydrogen) atoms. The molecule has 0 aliphatic heterocycles. The van der Waals surface area contributed by atoms with Crippen molar-refractivity contribution >= 4 is 14.0 Å². The number of hydrogen-bond acceptors (Lipinski definition) is 7. The normalized spacial score (nSPS) is 10.9. The second-order valence-electron chi connectivity index (χ2n) is 5.65. The van der Waals surface area contributed by atoms with Crippen molar-refractivity contribution in [2.24, 2.45) is 0 Å². The minimum absolute atomic E-state index is 0.585. The molecule has 0 N–H and O–H groups in total. The summed E-state index contributed by atoms with van der Waals surface area (Å²) >= 11 is 0. The van der Waals surface area contributed by atoms with Crippen LogP contribution in [-0.2, 0) is 0 Å². The van der Waals surface area contributed by atoms with Gasteiger partial charge >= 0.3 is 8.80 Å². The molecule has 0 atom stereocenters. The van der Waals surface area contributed by atoms with Gasteiger partial charge in [-0.05, 0) is 48.5 Å². The molecule has 138 valence electrons. The van der Waals surface area contributed by atoms with Crippen LogP contribution in [0.1, 0.15) is 0 Å². The molecule has 0 fully saturated rings. The average molecular weight is 388 g/mol. The van der Waals surface area contributed by atoms with Gasteiger partial charge in [0.2, 0.25) is 0 Å². The zero-order valence-corrected chi connectivity index (χ0v) is 15.8. The zero-order chi connectivity index (χ0) is 19.1. The second-order valence-corrected chi connectivity index (χ2v) is 7.95. The Morgan fingerprint density at radius 1 is 0.429 bits per heavy atom. The standard InChI is InChI=1S/C20H16N4O3Si/c1-9-21-10-2-17(1)25-28(20-7-15-24-16-8-20,26-18-3-11-22-12-4-18)27-19-5-13-23-14-6-19/h1-16H. The van der Waals surface area contributed by atoms with E-state index in [2.05, 4.69) is 19.9 Å². The molecule has 4 heterocycles. The van der Waals surface area contributed by atoms with Gasteiger partial charge in [0.1, 0.15) is 17.2 Å². The van der Waals surface area contributed by atoms with Crippen molar-refractivity contribution in [2.45, 2.75) is 0 Å². The fraction of sp³-hybridized carbons (Fsp3) is 0. The van der Waals surface area contributed by atoms with Crippen LogP contribution in [0, 0.1) is 0 Å². The van der Waals surface area contributed by atoms with Gasteiger partial charge in [0.05, 0.1) is 5.19 Å². The molecule has 0 amide bonds. The lowest BCUT2D eigenvalue weighted by Crippen LogP contribution is -2.64. The lowest BCUT2D eigenvalue weighted by molar-refractivity contribution is 0.281. The molecule has 0 aromatic carbocycles. The first-order chi connectivity index (χ1) is 13.8. The maximum absolute atomic E-state index is 6.38. The smallest absolute Gasteiger partial charge is 0.480 e. The van der Waals surface area contributed by atoms with E-state index in [0.29, 0.717) is 17.2 Å². The van der Waals surface area contributed by atoms with Crippen LogP contribution in [0.2, 0.25) is 0 Å². The minimum Gasteiger partial charge on any atom is -0.480 e. The van der Waals surface area contributed by atoms with Crippen LogP contribution in [0.3, 0.4) is 0 Å².